The van der Waals surface area contributed by atoms with Gasteiger partial charge in [0.25, 0.3) is 10.0 Å². The molecular formula is C18H23NO2S. The summed E-state index contributed by atoms with van der Waals surface area (Å²) in [6, 6.07) is 14.7. The molecular weight excluding hydrogens is 294 g/mol. The predicted molar refractivity (Wildman–Crippen MR) is 91.9 cm³/mol. The maximum atomic E-state index is 12.9. The van der Waals surface area contributed by atoms with Crippen LogP contribution >= 0.6 is 0 Å². The Balaban J connectivity index is 2.42. The molecule has 118 valence electrons. The van der Waals surface area contributed by atoms with Crippen molar-refractivity contribution in [2.45, 2.75) is 38.5 Å². The van der Waals surface area contributed by atoms with Crippen molar-refractivity contribution in [1.29, 1.82) is 0 Å². The first-order chi connectivity index (χ1) is 10.4. The summed E-state index contributed by atoms with van der Waals surface area (Å²) in [4.78, 5) is 0.334. The fourth-order valence-corrected chi connectivity index (χ4v) is 3.89. The van der Waals surface area contributed by atoms with Crippen LogP contribution in [0.2, 0.25) is 0 Å². The van der Waals surface area contributed by atoms with Gasteiger partial charge in [-0.15, -0.1) is 0 Å². The first-order valence-corrected chi connectivity index (χ1v) is 8.99. The third-order valence-electron chi connectivity index (χ3n) is 3.71. The SMILES string of the molecule is CCN(c1cccc(C)c1)S(=O)(=O)c1ccc(C(C)C)cc1. The minimum Gasteiger partial charge on any atom is -0.267 e. The Bertz CT molecular complexity index is 734. The maximum Gasteiger partial charge on any atom is 0.264 e. The van der Waals surface area contributed by atoms with Crippen molar-refractivity contribution in [3.8, 4) is 0 Å². The number of anilines is 1. The summed E-state index contributed by atoms with van der Waals surface area (Å²) in [5, 5.41) is 0. The third kappa shape index (κ3) is 3.33. The molecule has 2 aromatic carbocycles. The molecule has 0 fully saturated rings. The highest BCUT2D eigenvalue weighted by atomic mass is 32.2. The van der Waals surface area contributed by atoms with Gasteiger partial charge < -0.3 is 0 Å². The van der Waals surface area contributed by atoms with Crippen molar-refractivity contribution < 1.29 is 8.42 Å². The molecule has 3 nitrogen and oxygen atoms in total. The Kier molecular flexibility index (Phi) is 4.91. The van der Waals surface area contributed by atoms with Crippen LogP contribution in [-0.4, -0.2) is 15.0 Å². The Labute approximate surface area is 133 Å². The molecule has 0 unspecified atom stereocenters. The molecule has 4 heteroatoms. The number of sulfonamides is 1. The number of benzene rings is 2. The lowest BCUT2D eigenvalue weighted by atomic mass is 10.0. The largest absolute Gasteiger partial charge is 0.267 e. The van der Waals surface area contributed by atoms with Gasteiger partial charge in [0.1, 0.15) is 0 Å². The molecule has 0 saturated heterocycles. The summed E-state index contributed by atoms with van der Waals surface area (Å²) in [5.74, 6) is 0.385. The van der Waals surface area contributed by atoms with Crippen LogP contribution < -0.4 is 4.31 Å². The molecule has 0 amide bonds. The van der Waals surface area contributed by atoms with E-state index in [1.165, 1.54) is 4.31 Å². The number of nitrogens with zero attached hydrogens (tertiary/aromatic N) is 1. The Morgan fingerprint density at radius 1 is 1.05 bits per heavy atom. The zero-order valence-corrected chi connectivity index (χ0v) is 14.4. The molecule has 2 aromatic rings. The molecule has 0 aliphatic heterocycles. The maximum absolute atomic E-state index is 12.9. The Hall–Kier alpha value is -1.81. The fraction of sp³-hybridized carbons (Fsp3) is 0.333. The van der Waals surface area contributed by atoms with Crippen LogP contribution in [0, 0.1) is 6.92 Å². The summed E-state index contributed by atoms with van der Waals surface area (Å²) in [6.45, 7) is 8.39. The van der Waals surface area contributed by atoms with E-state index in [0.29, 0.717) is 23.0 Å². The van der Waals surface area contributed by atoms with Gasteiger partial charge in [-0.25, -0.2) is 8.42 Å². The molecule has 0 N–H and O–H groups in total. The minimum atomic E-state index is -3.53. The Morgan fingerprint density at radius 3 is 2.18 bits per heavy atom. The average Bonchev–Trinajstić information content (AvgIpc) is 2.48. The number of hydrogen-bond donors (Lipinski definition) is 0. The van der Waals surface area contributed by atoms with E-state index in [2.05, 4.69) is 13.8 Å². The van der Waals surface area contributed by atoms with Crippen LogP contribution in [0.5, 0.6) is 0 Å². The van der Waals surface area contributed by atoms with Crippen LogP contribution in [0.1, 0.15) is 37.8 Å². The Morgan fingerprint density at radius 2 is 1.68 bits per heavy atom. The van der Waals surface area contributed by atoms with Crippen molar-refractivity contribution in [1.82, 2.24) is 0 Å². The summed E-state index contributed by atoms with van der Waals surface area (Å²) in [5.41, 5.74) is 2.88. The first-order valence-electron chi connectivity index (χ1n) is 7.55. The second-order valence-corrected chi connectivity index (χ2v) is 7.59. The molecule has 0 aliphatic carbocycles. The highest BCUT2D eigenvalue weighted by molar-refractivity contribution is 7.92. The number of aryl methyl sites for hydroxylation is 1. The first kappa shape index (κ1) is 16.6. The van der Waals surface area contributed by atoms with Gasteiger partial charge in [-0.05, 0) is 55.2 Å². The zero-order valence-electron chi connectivity index (χ0n) is 13.6. The van der Waals surface area contributed by atoms with Crippen molar-refractivity contribution in [3.63, 3.8) is 0 Å². The van der Waals surface area contributed by atoms with Crippen molar-refractivity contribution in [3.05, 3.63) is 59.7 Å². The lowest BCUT2D eigenvalue weighted by molar-refractivity contribution is 0.592. The van der Waals surface area contributed by atoms with Gasteiger partial charge in [-0.2, -0.15) is 0 Å². The third-order valence-corrected chi connectivity index (χ3v) is 5.63. The summed E-state index contributed by atoms with van der Waals surface area (Å²) < 4.78 is 27.2. The van der Waals surface area contributed by atoms with Crippen molar-refractivity contribution in [2.75, 3.05) is 10.8 Å². The summed E-state index contributed by atoms with van der Waals surface area (Å²) >= 11 is 0. The standard InChI is InChI=1S/C18H23NO2S/c1-5-19(17-8-6-7-15(4)13-17)22(20,21)18-11-9-16(10-12-18)14(2)3/h6-14H,5H2,1-4H3. The molecule has 0 atom stereocenters. The highest BCUT2D eigenvalue weighted by Crippen LogP contribution is 2.25. The minimum absolute atomic E-state index is 0.334. The van der Waals surface area contributed by atoms with E-state index in [1.54, 1.807) is 12.1 Å². The lowest BCUT2D eigenvalue weighted by Gasteiger charge is -2.23. The highest BCUT2D eigenvalue weighted by Gasteiger charge is 2.23. The van der Waals surface area contributed by atoms with Gasteiger partial charge in [0.2, 0.25) is 0 Å². The summed E-state index contributed by atoms with van der Waals surface area (Å²) in [6.07, 6.45) is 0. The number of hydrogen-bond acceptors (Lipinski definition) is 2. The molecule has 0 saturated carbocycles. The second-order valence-electron chi connectivity index (χ2n) is 5.73. The molecule has 0 spiro atoms. The van der Waals surface area contributed by atoms with E-state index in [1.807, 2.05) is 50.2 Å². The summed E-state index contributed by atoms with van der Waals surface area (Å²) in [7, 11) is -3.53. The van der Waals surface area contributed by atoms with E-state index in [9.17, 15) is 8.42 Å². The topological polar surface area (TPSA) is 37.4 Å². The van der Waals surface area contributed by atoms with Gasteiger partial charge >= 0.3 is 0 Å². The molecule has 0 aromatic heterocycles. The zero-order chi connectivity index (χ0) is 16.3. The van der Waals surface area contributed by atoms with E-state index in [-0.39, 0.29) is 0 Å². The van der Waals surface area contributed by atoms with Gasteiger partial charge in [-0.3, -0.25) is 4.31 Å². The average molecular weight is 317 g/mol. The van der Waals surface area contributed by atoms with Crippen LogP contribution in [0.4, 0.5) is 5.69 Å². The second kappa shape index (κ2) is 6.53. The fourth-order valence-electron chi connectivity index (χ4n) is 2.43. The van der Waals surface area contributed by atoms with E-state index >= 15 is 0 Å². The van der Waals surface area contributed by atoms with Gasteiger partial charge in [-0.1, -0.05) is 38.1 Å². The molecule has 0 aliphatic rings. The van der Waals surface area contributed by atoms with Gasteiger partial charge in [0, 0.05) is 6.54 Å². The molecule has 22 heavy (non-hydrogen) atoms. The van der Waals surface area contributed by atoms with E-state index < -0.39 is 10.0 Å². The van der Waals surface area contributed by atoms with Crippen LogP contribution in [0.25, 0.3) is 0 Å². The smallest absolute Gasteiger partial charge is 0.264 e. The molecule has 0 heterocycles. The van der Waals surface area contributed by atoms with E-state index in [4.69, 9.17) is 0 Å². The molecule has 2 rings (SSSR count). The van der Waals surface area contributed by atoms with Crippen molar-refractivity contribution >= 4 is 15.7 Å². The van der Waals surface area contributed by atoms with Crippen molar-refractivity contribution in [2.24, 2.45) is 0 Å². The van der Waals surface area contributed by atoms with Gasteiger partial charge in [0.15, 0.2) is 0 Å². The van der Waals surface area contributed by atoms with Gasteiger partial charge in [0.05, 0.1) is 10.6 Å². The lowest BCUT2D eigenvalue weighted by Crippen LogP contribution is -2.30. The molecule has 0 radical (unpaired) electrons. The van der Waals surface area contributed by atoms with Crippen LogP contribution in [-0.2, 0) is 10.0 Å². The van der Waals surface area contributed by atoms with Crippen LogP contribution in [0.15, 0.2) is 53.4 Å². The quantitative estimate of drug-likeness (QED) is 0.823. The monoisotopic (exact) mass is 317 g/mol. The normalized spacial score (nSPS) is 11.7. The van der Waals surface area contributed by atoms with E-state index in [0.717, 1.165) is 11.1 Å². The number of rotatable bonds is 5. The van der Waals surface area contributed by atoms with Crippen LogP contribution in [0.3, 0.4) is 0 Å². The molecule has 0 bridgehead atoms. The predicted octanol–water partition coefficient (Wildman–Crippen LogP) is 4.33.